The van der Waals surface area contributed by atoms with Crippen LogP contribution in [0.4, 0.5) is 5.69 Å². The molecule has 0 spiro atoms. The van der Waals surface area contributed by atoms with Gasteiger partial charge >= 0.3 is 0 Å². The van der Waals surface area contributed by atoms with Crippen LogP contribution < -0.4 is 15.8 Å². The smallest absolute Gasteiger partial charge is 0.260 e. The Morgan fingerprint density at radius 3 is 2.61 bits per heavy atom. The van der Waals surface area contributed by atoms with Gasteiger partial charge in [-0.3, -0.25) is 4.79 Å². The normalized spacial score (nSPS) is 11.7. The van der Waals surface area contributed by atoms with Crippen LogP contribution in [0.3, 0.4) is 0 Å². The van der Waals surface area contributed by atoms with Gasteiger partial charge in [0, 0.05) is 6.04 Å². The maximum atomic E-state index is 11.7. The molecule has 0 aliphatic heterocycles. The van der Waals surface area contributed by atoms with Gasteiger partial charge in [0.1, 0.15) is 5.75 Å². The highest BCUT2D eigenvalue weighted by atomic mass is 16.5. The van der Waals surface area contributed by atoms with E-state index in [1.807, 2.05) is 19.9 Å². The van der Waals surface area contributed by atoms with Crippen molar-refractivity contribution in [1.82, 2.24) is 5.32 Å². The van der Waals surface area contributed by atoms with Gasteiger partial charge in [-0.15, -0.1) is 0 Å². The molecule has 5 heteroatoms. The lowest BCUT2D eigenvalue weighted by molar-refractivity contribution is -0.127. The van der Waals surface area contributed by atoms with Crippen LogP contribution in [0.1, 0.15) is 26.3 Å². The Kier molecular flexibility index (Phi) is 4.55. The summed E-state index contributed by atoms with van der Waals surface area (Å²) in [5, 5.41) is 11.5. The van der Waals surface area contributed by atoms with E-state index >= 15 is 0 Å². The van der Waals surface area contributed by atoms with E-state index in [2.05, 4.69) is 5.32 Å². The lowest BCUT2D eigenvalue weighted by Crippen LogP contribution is -2.40. The second-order valence-electron chi connectivity index (χ2n) is 4.29. The molecule has 1 atom stereocenters. The maximum Gasteiger partial charge on any atom is 0.260 e. The van der Waals surface area contributed by atoms with E-state index in [1.54, 1.807) is 19.1 Å². The number of nitrogen functional groups attached to an aromatic ring is 1. The van der Waals surface area contributed by atoms with Crippen LogP contribution in [-0.2, 0) is 4.79 Å². The highest BCUT2D eigenvalue weighted by Gasteiger charge is 2.16. The first-order valence-corrected chi connectivity index (χ1v) is 5.70. The van der Waals surface area contributed by atoms with E-state index in [0.717, 1.165) is 0 Å². The third kappa shape index (κ3) is 3.67. The number of nitrogens with zero attached hydrogens (tertiary/aromatic N) is 1. The van der Waals surface area contributed by atoms with Crippen LogP contribution in [-0.4, -0.2) is 18.1 Å². The lowest BCUT2D eigenvalue weighted by Gasteiger charge is -2.17. The summed E-state index contributed by atoms with van der Waals surface area (Å²) in [5.41, 5.74) is 6.54. The topological polar surface area (TPSA) is 88.1 Å². The number of benzene rings is 1. The van der Waals surface area contributed by atoms with Crippen LogP contribution in [0.25, 0.3) is 0 Å². The Hall–Kier alpha value is -2.22. The van der Waals surface area contributed by atoms with Gasteiger partial charge in [0.15, 0.2) is 6.10 Å². The summed E-state index contributed by atoms with van der Waals surface area (Å²) in [6.45, 7) is 5.40. The van der Waals surface area contributed by atoms with Gasteiger partial charge in [0.25, 0.3) is 5.91 Å². The predicted molar refractivity (Wildman–Crippen MR) is 68.9 cm³/mol. The molecule has 1 amide bonds. The van der Waals surface area contributed by atoms with Crippen molar-refractivity contribution in [3.05, 3.63) is 23.8 Å². The molecule has 18 heavy (non-hydrogen) atoms. The zero-order chi connectivity index (χ0) is 13.7. The number of carbonyl (C=O) groups is 1. The summed E-state index contributed by atoms with van der Waals surface area (Å²) < 4.78 is 5.46. The van der Waals surface area contributed by atoms with Crippen LogP contribution in [0.2, 0.25) is 0 Å². The van der Waals surface area contributed by atoms with Gasteiger partial charge in [-0.25, -0.2) is 0 Å². The van der Waals surface area contributed by atoms with Gasteiger partial charge in [-0.2, -0.15) is 5.26 Å². The van der Waals surface area contributed by atoms with E-state index in [-0.39, 0.29) is 11.9 Å². The van der Waals surface area contributed by atoms with Crippen LogP contribution in [0, 0.1) is 11.3 Å². The summed E-state index contributed by atoms with van der Waals surface area (Å²) in [4.78, 5) is 11.7. The van der Waals surface area contributed by atoms with Crippen molar-refractivity contribution >= 4 is 11.6 Å². The van der Waals surface area contributed by atoms with Crippen LogP contribution in [0.5, 0.6) is 5.75 Å². The van der Waals surface area contributed by atoms with Crippen molar-refractivity contribution in [3.63, 3.8) is 0 Å². The molecule has 5 nitrogen and oxygen atoms in total. The van der Waals surface area contributed by atoms with Gasteiger partial charge < -0.3 is 15.8 Å². The number of nitrogens with two attached hydrogens (primary N) is 1. The second-order valence-corrected chi connectivity index (χ2v) is 4.29. The average molecular weight is 247 g/mol. The number of nitrogens with one attached hydrogen (secondary N) is 1. The number of hydrogen-bond donors (Lipinski definition) is 2. The predicted octanol–water partition coefficient (Wildman–Crippen LogP) is 1.43. The summed E-state index contributed by atoms with van der Waals surface area (Å²) in [6.07, 6.45) is -0.636. The molecule has 0 aliphatic carbocycles. The fourth-order valence-electron chi connectivity index (χ4n) is 1.37. The number of rotatable bonds is 4. The molecule has 1 unspecified atom stereocenters. The monoisotopic (exact) mass is 247 g/mol. The highest BCUT2D eigenvalue weighted by molar-refractivity contribution is 5.81. The molecular formula is C13H17N3O2. The molecule has 0 bridgehead atoms. The first-order chi connectivity index (χ1) is 8.43. The number of anilines is 1. The molecule has 0 radical (unpaired) electrons. The van der Waals surface area contributed by atoms with Crippen molar-refractivity contribution in [1.29, 1.82) is 5.26 Å². The van der Waals surface area contributed by atoms with Gasteiger partial charge in [-0.05, 0) is 39.0 Å². The van der Waals surface area contributed by atoms with E-state index < -0.39 is 6.10 Å². The molecular weight excluding hydrogens is 230 g/mol. The van der Waals surface area contributed by atoms with Gasteiger partial charge in [-0.1, -0.05) is 0 Å². The summed E-state index contributed by atoms with van der Waals surface area (Å²) in [5.74, 6) is 0.203. The molecule has 0 heterocycles. The van der Waals surface area contributed by atoms with E-state index in [1.165, 1.54) is 6.07 Å². The standard InChI is InChI=1S/C13H17N3O2/c1-8(2)16-13(17)9(3)18-12-5-4-10(7-14)6-11(12)15/h4-6,8-9H,15H2,1-3H3,(H,16,17). The maximum absolute atomic E-state index is 11.7. The minimum absolute atomic E-state index is 0.0573. The van der Waals surface area contributed by atoms with Gasteiger partial charge in [0.05, 0.1) is 17.3 Å². The number of amides is 1. The Balaban J connectivity index is 2.73. The Bertz CT molecular complexity index is 478. The number of carbonyl (C=O) groups excluding carboxylic acids is 1. The van der Waals surface area contributed by atoms with Crippen molar-refractivity contribution in [3.8, 4) is 11.8 Å². The molecule has 0 saturated carbocycles. The van der Waals surface area contributed by atoms with Gasteiger partial charge in [0.2, 0.25) is 0 Å². The van der Waals surface area contributed by atoms with Crippen molar-refractivity contribution < 1.29 is 9.53 Å². The minimum atomic E-state index is -0.636. The third-order valence-corrected chi connectivity index (χ3v) is 2.24. The van der Waals surface area contributed by atoms with Crippen molar-refractivity contribution in [2.45, 2.75) is 32.9 Å². The molecule has 0 aromatic heterocycles. The summed E-state index contributed by atoms with van der Waals surface area (Å²) in [6, 6.07) is 6.74. The lowest BCUT2D eigenvalue weighted by atomic mass is 10.2. The molecule has 96 valence electrons. The molecule has 1 rings (SSSR count). The van der Waals surface area contributed by atoms with Crippen LogP contribution >= 0.6 is 0 Å². The largest absolute Gasteiger partial charge is 0.479 e. The molecule has 0 aliphatic rings. The second kappa shape index (κ2) is 5.92. The van der Waals surface area contributed by atoms with E-state index in [9.17, 15) is 4.79 Å². The van der Waals surface area contributed by atoms with E-state index in [0.29, 0.717) is 17.0 Å². The SMILES string of the molecule is CC(C)NC(=O)C(C)Oc1ccc(C#N)cc1N. The van der Waals surface area contributed by atoms with E-state index in [4.69, 9.17) is 15.7 Å². The molecule has 0 fully saturated rings. The molecule has 1 aromatic carbocycles. The van der Waals surface area contributed by atoms with Crippen molar-refractivity contribution in [2.75, 3.05) is 5.73 Å². The first kappa shape index (κ1) is 13.8. The Morgan fingerprint density at radius 1 is 1.44 bits per heavy atom. The molecule has 0 saturated heterocycles. The van der Waals surface area contributed by atoms with Crippen LogP contribution in [0.15, 0.2) is 18.2 Å². The molecule has 3 N–H and O–H groups in total. The Labute approximate surface area is 107 Å². The zero-order valence-electron chi connectivity index (χ0n) is 10.7. The molecule has 1 aromatic rings. The summed E-state index contributed by atoms with van der Waals surface area (Å²) >= 11 is 0. The number of hydrogen-bond acceptors (Lipinski definition) is 4. The highest BCUT2D eigenvalue weighted by Crippen LogP contribution is 2.23. The average Bonchev–Trinajstić information content (AvgIpc) is 2.30. The number of nitriles is 1. The fraction of sp³-hybridized carbons (Fsp3) is 0.385. The minimum Gasteiger partial charge on any atom is -0.479 e. The number of ether oxygens (including phenoxy) is 1. The summed E-state index contributed by atoms with van der Waals surface area (Å²) in [7, 11) is 0. The Morgan fingerprint density at radius 2 is 2.11 bits per heavy atom. The fourth-order valence-corrected chi connectivity index (χ4v) is 1.37. The quantitative estimate of drug-likeness (QED) is 0.788. The third-order valence-electron chi connectivity index (χ3n) is 2.24. The zero-order valence-corrected chi connectivity index (χ0v) is 10.7. The van der Waals surface area contributed by atoms with Crippen molar-refractivity contribution in [2.24, 2.45) is 0 Å². The first-order valence-electron chi connectivity index (χ1n) is 5.70.